The van der Waals surface area contributed by atoms with Crippen molar-refractivity contribution in [1.82, 2.24) is 19.4 Å². The molecule has 12 heteroatoms. The number of alkyl halides is 3. The van der Waals surface area contributed by atoms with Crippen molar-refractivity contribution >= 4 is 43.4 Å². The molecule has 0 saturated heterocycles. The molecule has 3 aromatic heterocycles. The van der Waals surface area contributed by atoms with Crippen LogP contribution in [0, 0.1) is 13.8 Å². The Labute approximate surface area is 187 Å². The Balaban J connectivity index is 1.55. The van der Waals surface area contributed by atoms with Crippen molar-refractivity contribution in [3.63, 3.8) is 0 Å². The summed E-state index contributed by atoms with van der Waals surface area (Å²) in [6.07, 6.45) is -0.904. The average Bonchev–Trinajstić information content (AvgIpc) is 3.21. The van der Waals surface area contributed by atoms with E-state index in [0.29, 0.717) is 16.0 Å². The molecule has 0 bridgehead atoms. The van der Waals surface area contributed by atoms with Crippen molar-refractivity contribution in [2.45, 2.75) is 58.7 Å². The van der Waals surface area contributed by atoms with E-state index in [9.17, 15) is 22.8 Å². The van der Waals surface area contributed by atoms with Gasteiger partial charge < -0.3 is 0 Å². The van der Waals surface area contributed by atoms with Gasteiger partial charge in [0.05, 0.1) is 22.1 Å². The number of nitrogens with one attached hydrogen (secondary N) is 1. The minimum Gasteiger partial charge on any atom is -0.273 e. The van der Waals surface area contributed by atoms with Crippen LogP contribution in [0.25, 0.3) is 10.2 Å². The molecule has 0 atom stereocenters. The number of thiophene rings is 1. The Kier molecular flexibility index (Phi) is 5.71. The van der Waals surface area contributed by atoms with E-state index in [1.165, 1.54) is 23.1 Å². The van der Waals surface area contributed by atoms with Crippen LogP contribution in [-0.4, -0.2) is 25.3 Å². The zero-order valence-electron chi connectivity index (χ0n) is 16.8. The molecule has 0 spiro atoms. The molecule has 31 heavy (non-hydrogen) atoms. The fourth-order valence-corrected chi connectivity index (χ4v) is 5.56. The van der Waals surface area contributed by atoms with Gasteiger partial charge in [-0.15, -0.1) is 11.3 Å². The number of halogens is 4. The maximum Gasteiger partial charge on any atom is 0.436 e. The van der Waals surface area contributed by atoms with Crippen molar-refractivity contribution in [2.24, 2.45) is 0 Å². The molecule has 4 rings (SSSR count). The zero-order chi connectivity index (χ0) is 22.5. The standard InChI is InChI=1S/C19H19BrF3N5O2S/c1-9-15(20)16(19(21,22)23)26-27(9)8-7-13(29)25-28-10(2)24-17-14(18(28)30)11-5-3-4-6-12(11)31-17/h3-8H2,1-2H3,(H,25,29). The van der Waals surface area contributed by atoms with Gasteiger partial charge in [0, 0.05) is 11.3 Å². The first-order chi connectivity index (χ1) is 14.6. The summed E-state index contributed by atoms with van der Waals surface area (Å²) in [5.74, 6) is -0.170. The molecule has 0 saturated carbocycles. The van der Waals surface area contributed by atoms with Crippen molar-refractivity contribution in [2.75, 3.05) is 5.43 Å². The van der Waals surface area contributed by atoms with Crippen LogP contribution in [0.15, 0.2) is 9.27 Å². The number of aromatic nitrogens is 4. The SMILES string of the molecule is Cc1c(Br)c(C(F)(F)F)nn1CCC(=O)Nn1c(C)nc2sc3c(c2c1=O)CCCC3. The first-order valence-corrected chi connectivity index (χ1v) is 11.3. The Morgan fingerprint density at radius 2 is 1.97 bits per heavy atom. The van der Waals surface area contributed by atoms with Crippen molar-refractivity contribution in [3.05, 3.63) is 42.5 Å². The predicted molar refractivity (Wildman–Crippen MR) is 114 cm³/mol. The third-order valence-electron chi connectivity index (χ3n) is 5.35. The molecule has 3 aromatic rings. The molecule has 0 radical (unpaired) electrons. The second-order valence-electron chi connectivity index (χ2n) is 7.44. The van der Waals surface area contributed by atoms with Crippen LogP contribution in [0.2, 0.25) is 0 Å². The van der Waals surface area contributed by atoms with Crippen LogP contribution in [0.1, 0.15) is 46.9 Å². The lowest BCUT2D eigenvalue weighted by atomic mass is 9.97. The lowest BCUT2D eigenvalue weighted by Gasteiger charge is -2.13. The summed E-state index contributed by atoms with van der Waals surface area (Å²) >= 11 is 4.43. The van der Waals surface area contributed by atoms with E-state index in [0.717, 1.165) is 40.6 Å². The molecule has 1 amide bonds. The van der Waals surface area contributed by atoms with Gasteiger partial charge in [0.25, 0.3) is 5.56 Å². The van der Waals surface area contributed by atoms with Gasteiger partial charge in [0.1, 0.15) is 10.7 Å². The highest BCUT2D eigenvalue weighted by Gasteiger charge is 2.38. The van der Waals surface area contributed by atoms with E-state index in [4.69, 9.17) is 0 Å². The van der Waals surface area contributed by atoms with Crippen molar-refractivity contribution in [3.8, 4) is 0 Å². The fourth-order valence-electron chi connectivity index (χ4n) is 3.75. The minimum absolute atomic E-state index is 0.0658. The molecule has 1 aliphatic carbocycles. The summed E-state index contributed by atoms with van der Waals surface area (Å²) < 4.78 is 41.1. The third kappa shape index (κ3) is 4.02. The number of amides is 1. The smallest absolute Gasteiger partial charge is 0.273 e. The lowest BCUT2D eigenvalue weighted by molar-refractivity contribution is -0.142. The largest absolute Gasteiger partial charge is 0.436 e. The van der Waals surface area contributed by atoms with Gasteiger partial charge in [-0.1, -0.05) is 0 Å². The Morgan fingerprint density at radius 3 is 2.65 bits per heavy atom. The maximum atomic E-state index is 13.1. The topological polar surface area (TPSA) is 81.8 Å². The zero-order valence-corrected chi connectivity index (χ0v) is 19.2. The van der Waals surface area contributed by atoms with Crippen LogP contribution < -0.4 is 11.0 Å². The van der Waals surface area contributed by atoms with E-state index < -0.39 is 17.8 Å². The Morgan fingerprint density at radius 1 is 1.26 bits per heavy atom. The lowest BCUT2D eigenvalue weighted by Crippen LogP contribution is -2.36. The van der Waals surface area contributed by atoms with Gasteiger partial charge in [0.15, 0.2) is 5.69 Å². The molecule has 1 aliphatic rings. The highest BCUT2D eigenvalue weighted by Crippen LogP contribution is 2.36. The van der Waals surface area contributed by atoms with Crippen LogP contribution >= 0.6 is 27.3 Å². The molecule has 3 heterocycles. The molecule has 1 N–H and O–H groups in total. The summed E-state index contributed by atoms with van der Waals surface area (Å²) in [5, 5.41) is 4.11. The second-order valence-corrected chi connectivity index (χ2v) is 9.32. The highest BCUT2D eigenvalue weighted by molar-refractivity contribution is 9.10. The molecule has 0 aliphatic heterocycles. The predicted octanol–water partition coefficient (Wildman–Crippen LogP) is 4.09. The highest BCUT2D eigenvalue weighted by atomic mass is 79.9. The van der Waals surface area contributed by atoms with Gasteiger partial charge >= 0.3 is 6.18 Å². The summed E-state index contributed by atoms with van der Waals surface area (Å²) in [5.41, 5.74) is 2.46. The number of rotatable bonds is 4. The van der Waals surface area contributed by atoms with Crippen molar-refractivity contribution in [1.29, 1.82) is 0 Å². The Bertz CT molecular complexity index is 1240. The molecule has 7 nitrogen and oxygen atoms in total. The first kappa shape index (κ1) is 22.0. The van der Waals surface area contributed by atoms with Crippen LogP contribution in [-0.2, 0) is 30.4 Å². The number of hydrogen-bond acceptors (Lipinski definition) is 5. The van der Waals surface area contributed by atoms with E-state index in [2.05, 4.69) is 31.4 Å². The minimum atomic E-state index is -4.59. The summed E-state index contributed by atoms with van der Waals surface area (Å²) in [7, 11) is 0. The van der Waals surface area contributed by atoms with Gasteiger partial charge in [-0.3, -0.25) is 19.7 Å². The number of nitrogens with zero attached hydrogens (tertiary/aromatic N) is 4. The molecule has 0 fully saturated rings. The van der Waals surface area contributed by atoms with Crippen LogP contribution in [0.4, 0.5) is 13.2 Å². The molecule has 166 valence electrons. The van der Waals surface area contributed by atoms with Gasteiger partial charge in [-0.05, 0) is 61.0 Å². The quantitative estimate of drug-likeness (QED) is 0.564. The summed E-state index contributed by atoms with van der Waals surface area (Å²) in [6.45, 7) is 3.05. The maximum absolute atomic E-state index is 13.1. The molecule has 0 aromatic carbocycles. The number of carbonyl (C=O) groups is 1. The van der Waals surface area contributed by atoms with Gasteiger partial charge in [-0.2, -0.15) is 18.3 Å². The van der Waals surface area contributed by atoms with E-state index >= 15 is 0 Å². The first-order valence-electron chi connectivity index (χ1n) is 9.71. The normalized spacial score (nSPS) is 14.1. The van der Waals surface area contributed by atoms with Crippen molar-refractivity contribution < 1.29 is 18.0 Å². The van der Waals surface area contributed by atoms with E-state index in [-0.39, 0.29) is 28.7 Å². The number of fused-ring (bicyclic) bond motifs is 3. The molecular weight excluding hydrogens is 499 g/mol. The molecular formula is C19H19BrF3N5O2S. The third-order valence-corrected chi connectivity index (χ3v) is 7.48. The Hall–Kier alpha value is -2.21. The fraction of sp³-hybridized carbons (Fsp3) is 0.474. The number of hydrogen-bond donors (Lipinski definition) is 1. The number of aryl methyl sites for hydroxylation is 4. The van der Waals surface area contributed by atoms with E-state index in [1.54, 1.807) is 6.92 Å². The summed E-state index contributed by atoms with van der Waals surface area (Å²) in [4.78, 5) is 31.9. The summed E-state index contributed by atoms with van der Waals surface area (Å²) in [6, 6.07) is 0. The van der Waals surface area contributed by atoms with Crippen LogP contribution in [0.3, 0.4) is 0 Å². The molecule has 0 unspecified atom stereocenters. The monoisotopic (exact) mass is 517 g/mol. The average molecular weight is 518 g/mol. The number of carbonyl (C=O) groups excluding carboxylic acids is 1. The van der Waals surface area contributed by atoms with Gasteiger partial charge in [-0.25, -0.2) is 9.66 Å². The van der Waals surface area contributed by atoms with Crippen LogP contribution in [0.5, 0.6) is 0 Å². The second kappa shape index (κ2) is 8.05. The van der Waals surface area contributed by atoms with E-state index in [1.807, 2.05) is 0 Å². The van der Waals surface area contributed by atoms with Gasteiger partial charge in [0.2, 0.25) is 5.91 Å².